The number of rotatable bonds is 5. The predicted octanol–water partition coefficient (Wildman–Crippen LogP) is 3.55. The molecule has 0 saturated carbocycles. The van der Waals surface area contributed by atoms with Gasteiger partial charge in [0, 0.05) is 10.6 Å². The van der Waals surface area contributed by atoms with Crippen molar-refractivity contribution in [1.29, 1.82) is 0 Å². The molecule has 1 aromatic heterocycles. The van der Waals surface area contributed by atoms with Gasteiger partial charge in [-0.15, -0.1) is 10.2 Å². The van der Waals surface area contributed by atoms with Crippen LogP contribution in [0.5, 0.6) is 0 Å². The third-order valence-corrected chi connectivity index (χ3v) is 6.39. The first kappa shape index (κ1) is 18.3. The Morgan fingerprint density at radius 3 is 2.54 bits per heavy atom. The third kappa shape index (κ3) is 4.01. The standard InChI is InChI=1S/C16H13ClN4O3S2/c1-10-12(17)8-5-9-13(10)21-26(23,24)16-20-19-15(25-16)18-14(22)11-6-3-2-4-7-11/h2-9,21H,1H3,(H,18,19,22). The van der Waals surface area contributed by atoms with Gasteiger partial charge in [-0.3, -0.25) is 14.8 Å². The van der Waals surface area contributed by atoms with Crippen LogP contribution in [0, 0.1) is 6.92 Å². The second kappa shape index (κ2) is 7.40. The van der Waals surface area contributed by atoms with Gasteiger partial charge < -0.3 is 0 Å². The van der Waals surface area contributed by atoms with Crippen molar-refractivity contribution in [3.05, 3.63) is 64.7 Å². The smallest absolute Gasteiger partial charge is 0.291 e. The molecule has 3 rings (SSSR count). The van der Waals surface area contributed by atoms with Gasteiger partial charge in [0.1, 0.15) is 0 Å². The van der Waals surface area contributed by atoms with E-state index >= 15 is 0 Å². The summed E-state index contributed by atoms with van der Waals surface area (Å²) in [6.45, 7) is 1.70. The van der Waals surface area contributed by atoms with E-state index in [1.165, 1.54) is 0 Å². The number of hydrogen-bond acceptors (Lipinski definition) is 6. The van der Waals surface area contributed by atoms with Crippen molar-refractivity contribution < 1.29 is 13.2 Å². The van der Waals surface area contributed by atoms with E-state index in [2.05, 4.69) is 20.2 Å². The summed E-state index contributed by atoms with van der Waals surface area (Å²) in [6.07, 6.45) is 0. The summed E-state index contributed by atoms with van der Waals surface area (Å²) in [5.74, 6) is -0.399. The molecule has 134 valence electrons. The maximum absolute atomic E-state index is 12.5. The van der Waals surface area contributed by atoms with Crippen LogP contribution in [0.1, 0.15) is 15.9 Å². The van der Waals surface area contributed by atoms with Gasteiger partial charge in [0.2, 0.25) is 5.13 Å². The van der Waals surface area contributed by atoms with Crippen LogP contribution < -0.4 is 10.0 Å². The lowest BCUT2D eigenvalue weighted by Crippen LogP contribution is -2.13. The zero-order chi connectivity index (χ0) is 18.7. The van der Waals surface area contributed by atoms with E-state index in [-0.39, 0.29) is 9.47 Å². The molecule has 0 aliphatic rings. The van der Waals surface area contributed by atoms with E-state index in [0.717, 1.165) is 11.3 Å². The van der Waals surface area contributed by atoms with Crippen molar-refractivity contribution in [3.8, 4) is 0 Å². The molecule has 0 unspecified atom stereocenters. The SMILES string of the molecule is Cc1c(Cl)cccc1NS(=O)(=O)c1nnc(NC(=O)c2ccccc2)s1. The third-order valence-electron chi connectivity index (χ3n) is 3.40. The second-order valence-corrected chi connectivity index (χ2v) is 8.45. The molecule has 2 N–H and O–H groups in total. The van der Waals surface area contributed by atoms with Crippen molar-refractivity contribution in [3.63, 3.8) is 0 Å². The normalized spacial score (nSPS) is 11.2. The van der Waals surface area contributed by atoms with Gasteiger partial charge in [-0.25, -0.2) is 0 Å². The molecule has 0 spiro atoms. The highest BCUT2D eigenvalue weighted by molar-refractivity contribution is 7.94. The summed E-state index contributed by atoms with van der Waals surface area (Å²) in [5.41, 5.74) is 1.38. The molecule has 2 aromatic carbocycles. The number of sulfonamides is 1. The first-order valence-electron chi connectivity index (χ1n) is 7.34. The van der Waals surface area contributed by atoms with Crippen LogP contribution in [0.15, 0.2) is 52.9 Å². The molecule has 1 amide bonds. The second-order valence-electron chi connectivity index (χ2n) is 5.21. The lowest BCUT2D eigenvalue weighted by molar-refractivity contribution is 0.102. The molecule has 0 fully saturated rings. The largest absolute Gasteiger partial charge is 0.296 e. The van der Waals surface area contributed by atoms with Gasteiger partial charge in [0.15, 0.2) is 0 Å². The van der Waals surface area contributed by atoms with Crippen LogP contribution in [0.4, 0.5) is 10.8 Å². The number of benzene rings is 2. The maximum atomic E-state index is 12.5. The van der Waals surface area contributed by atoms with E-state index in [0.29, 0.717) is 21.8 Å². The predicted molar refractivity (Wildman–Crippen MR) is 101 cm³/mol. The Balaban J connectivity index is 1.78. The summed E-state index contributed by atoms with van der Waals surface area (Å²) in [4.78, 5) is 12.1. The number of nitrogens with zero attached hydrogens (tertiary/aromatic N) is 2. The highest BCUT2D eigenvalue weighted by atomic mass is 35.5. The van der Waals surface area contributed by atoms with Crippen LogP contribution in [0.3, 0.4) is 0 Å². The molecule has 1 heterocycles. The molecule has 0 atom stereocenters. The molecule has 26 heavy (non-hydrogen) atoms. The monoisotopic (exact) mass is 408 g/mol. The molecule has 0 aliphatic carbocycles. The Morgan fingerprint density at radius 1 is 1.08 bits per heavy atom. The highest BCUT2D eigenvalue weighted by Crippen LogP contribution is 2.27. The molecule has 0 saturated heterocycles. The highest BCUT2D eigenvalue weighted by Gasteiger charge is 2.22. The van der Waals surface area contributed by atoms with Crippen LogP contribution >= 0.6 is 22.9 Å². The van der Waals surface area contributed by atoms with E-state index in [9.17, 15) is 13.2 Å². The van der Waals surface area contributed by atoms with Gasteiger partial charge in [-0.1, -0.05) is 47.2 Å². The molecular weight excluding hydrogens is 396 g/mol. The van der Waals surface area contributed by atoms with Crippen molar-refractivity contribution in [2.24, 2.45) is 0 Å². The fourth-order valence-electron chi connectivity index (χ4n) is 2.03. The van der Waals surface area contributed by atoms with Crippen molar-refractivity contribution in [2.45, 2.75) is 11.3 Å². The van der Waals surface area contributed by atoms with E-state index in [1.54, 1.807) is 55.5 Å². The maximum Gasteiger partial charge on any atom is 0.291 e. The Hall–Kier alpha value is -2.49. The molecule has 0 aliphatic heterocycles. The van der Waals surface area contributed by atoms with Crippen LogP contribution in [0.25, 0.3) is 0 Å². The molecule has 7 nitrogen and oxygen atoms in total. The molecule has 0 radical (unpaired) electrons. The summed E-state index contributed by atoms with van der Waals surface area (Å²) in [7, 11) is -3.95. The molecule has 10 heteroatoms. The van der Waals surface area contributed by atoms with Crippen LogP contribution in [-0.4, -0.2) is 24.5 Å². The topological polar surface area (TPSA) is 101 Å². The fourth-order valence-corrected chi connectivity index (χ4v) is 4.23. The minimum atomic E-state index is -3.95. The molecular formula is C16H13ClN4O3S2. The van der Waals surface area contributed by atoms with Gasteiger partial charge in [-0.05, 0) is 36.8 Å². The van der Waals surface area contributed by atoms with Gasteiger partial charge >= 0.3 is 0 Å². The van der Waals surface area contributed by atoms with E-state index in [4.69, 9.17) is 11.6 Å². The number of nitrogens with one attached hydrogen (secondary N) is 2. The average Bonchev–Trinajstić information content (AvgIpc) is 3.09. The summed E-state index contributed by atoms with van der Waals surface area (Å²) in [6, 6.07) is 13.4. The Labute approximate surface area is 159 Å². The van der Waals surface area contributed by atoms with Crippen LogP contribution in [0.2, 0.25) is 5.02 Å². The Morgan fingerprint density at radius 2 is 1.81 bits per heavy atom. The van der Waals surface area contributed by atoms with Gasteiger partial charge in [-0.2, -0.15) is 8.42 Å². The summed E-state index contributed by atoms with van der Waals surface area (Å²) < 4.78 is 27.1. The van der Waals surface area contributed by atoms with Crippen molar-refractivity contribution >= 4 is 49.7 Å². The van der Waals surface area contributed by atoms with Gasteiger partial charge in [0.05, 0.1) is 5.69 Å². The zero-order valence-corrected chi connectivity index (χ0v) is 15.8. The lowest BCUT2D eigenvalue weighted by Gasteiger charge is -2.09. The number of halogens is 1. The Kier molecular flexibility index (Phi) is 5.21. The zero-order valence-electron chi connectivity index (χ0n) is 13.4. The number of amides is 1. The summed E-state index contributed by atoms with van der Waals surface area (Å²) in [5, 5.41) is 10.4. The van der Waals surface area contributed by atoms with E-state index < -0.39 is 15.9 Å². The first-order chi connectivity index (χ1) is 12.4. The average molecular weight is 409 g/mol. The van der Waals surface area contributed by atoms with E-state index in [1.807, 2.05) is 0 Å². The first-order valence-corrected chi connectivity index (χ1v) is 10.0. The molecule has 3 aromatic rings. The Bertz CT molecular complexity index is 1050. The molecule has 0 bridgehead atoms. The fraction of sp³-hybridized carbons (Fsp3) is 0.0625. The number of carbonyl (C=O) groups is 1. The van der Waals surface area contributed by atoms with Crippen molar-refractivity contribution in [2.75, 3.05) is 10.0 Å². The summed E-state index contributed by atoms with van der Waals surface area (Å²) >= 11 is 6.76. The minimum absolute atomic E-state index is 0.0852. The number of anilines is 2. The van der Waals surface area contributed by atoms with Crippen LogP contribution in [-0.2, 0) is 10.0 Å². The number of hydrogen-bond donors (Lipinski definition) is 2. The number of carbonyl (C=O) groups excluding carboxylic acids is 1. The number of aromatic nitrogens is 2. The minimum Gasteiger partial charge on any atom is -0.296 e. The lowest BCUT2D eigenvalue weighted by atomic mass is 10.2. The van der Waals surface area contributed by atoms with Gasteiger partial charge in [0.25, 0.3) is 20.3 Å². The van der Waals surface area contributed by atoms with Crippen molar-refractivity contribution in [1.82, 2.24) is 10.2 Å². The quantitative estimate of drug-likeness (QED) is 0.628.